The molecule has 0 saturated carbocycles. The van der Waals surface area contributed by atoms with Crippen molar-refractivity contribution in [2.75, 3.05) is 0 Å². The van der Waals surface area contributed by atoms with E-state index in [-0.39, 0.29) is 5.69 Å². The van der Waals surface area contributed by atoms with Gasteiger partial charge in [-0.3, -0.25) is 19.6 Å². The molecule has 6 aromatic rings. The summed E-state index contributed by atoms with van der Waals surface area (Å²) >= 11 is 0. The first-order valence-corrected chi connectivity index (χ1v) is 9.48. The second-order valence-corrected chi connectivity index (χ2v) is 7.06. The molecule has 0 radical (unpaired) electrons. The molecule has 2 N–H and O–H groups in total. The van der Waals surface area contributed by atoms with Crippen LogP contribution in [-0.2, 0) is 0 Å². The summed E-state index contributed by atoms with van der Waals surface area (Å²) in [6.45, 7) is 1.90. The van der Waals surface area contributed by atoms with Gasteiger partial charge >= 0.3 is 0 Å². The third kappa shape index (κ3) is 2.69. The summed E-state index contributed by atoms with van der Waals surface area (Å²) in [6, 6.07) is 5.31. The van der Waals surface area contributed by atoms with Crippen LogP contribution in [0.5, 0.6) is 0 Å². The van der Waals surface area contributed by atoms with Crippen LogP contribution in [0.3, 0.4) is 0 Å². The number of aromatic nitrogens is 9. The van der Waals surface area contributed by atoms with E-state index in [1.807, 2.05) is 19.2 Å². The van der Waals surface area contributed by atoms with Gasteiger partial charge in [-0.2, -0.15) is 5.10 Å². The number of pyridine rings is 3. The van der Waals surface area contributed by atoms with Gasteiger partial charge in [-0.25, -0.2) is 19.3 Å². The number of halogens is 1. The number of aryl methyl sites for hydroxylation is 1. The minimum absolute atomic E-state index is 0.204. The lowest BCUT2D eigenvalue weighted by Gasteiger charge is -2.03. The largest absolute Gasteiger partial charge is 0.336 e. The van der Waals surface area contributed by atoms with Crippen molar-refractivity contribution in [3.05, 3.63) is 67.0 Å². The van der Waals surface area contributed by atoms with Crippen molar-refractivity contribution >= 4 is 21.9 Å². The summed E-state index contributed by atoms with van der Waals surface area (Å²) in [5, 5.41) is 7.46. The molecule has 0 aliphatic heterocycles. The standard InChI is InChI=1S/C21H14FN9/c1-11-9-31(10-26-11)21-18-13(4-6-24-21)27-20(28-18)19-15-14(29-30-19)8-25-17(16(15)22)12-3-2-5-23-7-12/h2-10H,1H3,(H,27,28)(H,29,30). The summed E-state index contributed by atoms with van der Waals surface area (Å²) in [5.41, 5.74) is 3.88. The first kappa shape index (κ1) is 17.4. The van der Waals surface area contributed by atoms with E-state index in [4.69, 9.17) is 0 Å². The Bertz CT molecular complexity index is 1560. The highest BCUT2D eigenvalue weighted by Crippen LogP contribution is 2.32. The number of hydrogen-bond acceptors (Lipinski definition) is 6. The SMILES string of the molecule is Cc1cn(-c2nccc3[nH]c(-c4n[nH]c5cnc(-c6cccnc6)c(F)c45)nc23)cn1. The van der Waals surface area contributed by atoms with Crippen LogP contribution in [0.1, 0.15) is 5.69 Å². The van der Waals surface area contributed by atoms with E-state index in [1.54, 1.807) is 47.8 Å². The van der Waals surface area contributed by atoms with Crippen LogP contribution < -0.4 is 0 Å². The third-order valence-electron chi connectivity index (χ3n) is 5.04. The summed E-state index contributed by atoms with van der Waals surface area (Å²) in [5.74, 6) is 0.562. The molecule has 0 atom stereocenters. The smallest absolute Gasteiger partial charge is 0.166 e. The Morgan fingerprint density at radius 2 is 1.94 bits per heavy atom. The number of H-pyrrole nitrogens is 2. The Hall–Kier alpha value is -4.47. The lowest BCUT2D eigenvalue weighted by molar-refractivity contribution is 0.638. The molecule has 6 aromatic heterocycles. The molecule has 0 saturated heterocycles. The van der Waals surface area contributed by atoms with E-state index < -0.39 is 5.82 Å². The molecule has 0 spiro atoms. The Morgan fingerprint density at radius 1 is 1.00 bits per heavy atom. The summed E-state index contributed by atoms with van der Waals surface area (Å²) in [4.78, 5) is 24.9. The van der Waals surface area contributed by atoms with Crippen LogP contribution in [-0.4, -0.2) is 44.7 Å². The average molecular weight is 411 g/mol. The minimum atomic E-state index is -0.488. The van der Waals surface area contributed by atoms with Crippen LogP contribution in [0, 0.1) is 12.7 Å². The van der Waals surface area contributed by atoms with Gasteiger partial charge in [-0.05, 0) is 25.1 Å². The monoisotopic (exact) mass is 411 g/mol. The molecule has 0 unspecified atom stereocenters. The summed E-state index contributed by atoms with van der Waals surface area (Å²) in [6.07, 6.45) is 9.99. The third-order valence-corrected chi connectivity index (χ3v) is 5.04. The van der Waals surface area contributed by atoms with Crippen molar-refractivity contribution in [2.24, 2.45) is 0 Å². The van der Waals surface area contributed by atoms with Gasteiger partial charge in [-0.1, -0.05) is 0 Å². The first-order valence-electron chi connectivity index (χ1n) is 9.48. The molecule has 0 amide bonds. The molecule has 0 fully saturated rings. The molecule has 6 rings (SSSR count). The predicted molar refractivity (Wildman–Crippen MR) is 112 cm³/mol. The van der Waals surface area contributed by atoms with Crippen molar-refractivity contribution < 1.29 is 4.39 Å². The molecule has 0 aliphatic rings. The van der Waals surface area contributed by atoms with Crippen molar-refractivity contribution in [1.82, 2.24) is 44.7 Å². The summed E-state index contributed by atoms with van der Waals surface area (Å²) in [7, 11) is 0. The Balaban J connectivity index is 1.56. The van der Waals surface area contributed by atoms with Crippen LogP contribution in [0.2, 0.25) is 0 Å². The Kier molecular flexibility index (Phi) is 3.66. The minimum Gasteiger partial charge on any atom is -0.336 e. The normalized spacial score (nSPS) is 11.5. The van der Waals surface area contributed by atoms with Crippen molar-refractivity contribution in [1.29, 1.82) is 0 Å². The second kappa shape index (κ2) is 6.52. The highest BCUT2D eigenvalue weighted by atomic mass is 19.1. The maximum absolute atomic E-state index is 15.5. The Morgan fingerprint density at radius 3 is 2.74 bits per heavy atom. The van der Waals surface area contributed by atoms with Crippen LogP contribution in [0.15, 0.2) is 55.5 Å². The molecule has 9 nitrogen and oxygen atoms in total. The summed E-state index contributed by atoms with van der Waals surface area (Å²) < 4.78 is 17.3. The quantitative estimate of drug-likeness (QED) is 0.460. The topological polar surface area (TPSA) is 114 Å². The zero-order valence-corrected chi connectivity index (χ0v) is 16.2. The lowest BCUT2D eigenvalue weighted by atomic mass is 10.1. The molecule has 6 heterocycles. The van der Waals surface area contributed by atoms with Gasteiger partial charge in [0.05, 0.1) is 28.3 Å². The van der Waals surface area contributed by atoms with Gasteiger partial charge in [0.25, 0.3) is 0 Å². The Labute approximate surface area is 174 Å². The lowest BCUT2D eigenvalue weighted by Crippen LogP contribution is -1.95. The maximum atomic E-state index is 15.5. The van der Waals surface area contributed by atoms with E-state index in [0.29, 0.717) is 39.3 Å². The number of imidazole rings is 2. The van der Waals surface area contributed by atoms with E-state index in [1.165, 1.54) is 0 Å². The number of hydrogen-bond donors (Lipinski definition) is 2. The predicted octanol–water partition coefficient (Wildman–Crippen LogP) is 3.59. The molecule has 0 bridgehead atoms. The molecular formula is C21H14FN9. The molecule has 0 aromatic carbocycles. The van der Waals surface area contributed by atoms with E-state index in [2.05, 4.69) is 40.1 Å². The molecule has 31 heavy (non-hydrogen) atoms. The second-order valence-electron chi connectivity index (χ2n) is 7.06. The van der Waals surface area contributed by atoms with Gasteiger partial charge in [-0.15, -0.1) is 0 Å². The molecular weight excluding hydrogens is 397 g/mol. The van der Waals surface area contributed by atoms with Crippen LogP contribution in [0.4, 0.5) is 4.39 Å². The number of nitrogens with one attached hydrogen (secondary N) is 2. The van der Waals surface area contributed by atoms with E-state index in [0.717, 1.165) is 11.2 Å². The van der Waals surface area contributed by atoms with Gasteiger partial charge < -0.3 is 4.98 Å². The van der Waals surface area contributed by atoms with E-state index in [9.17, 15) is 0 Å². The maximum Gasteiger partial charge on any atom is 0.166 e. The van der Waals surface area contributed by atoms with Gasteiger partial charge in [0.2, 0.25) is 0 Å². The zero-order chi connectivity index (χ0) is 20.9. The van der Waals surface area contributed by atoms with Crippen LogP contribution >= 0.6 is 0 Å². The fourth-order valence-corrected chi connectivity index (χ4v) is 3.61. The number of nitrogens with zero attached hydrogens (tertiary/aromatic N) is 7. The first-order chi connectivity index (χ1) is 15.2. The van der Waals surface area contributed by atoms with Crippen molar-refractivity contribution in [2.45, 2.75) is 6.92 Å². The molecule has 150 valence electrons. The fraction of sp³-hybridized carbons (Fsp3) is 0.0476. The molecule has 0 aliphatic carbocycles. The molecule has 10 heteroatoms. The number of fused-ring (bicyclic) bond motifs is 2. The van der Waals surface area contributed by atoms with Crippen molar-refractivity contribution in [3.8, 4) is 28.6 Å². The van der Waals surface area contributed by atoms with Gasteiger partial charge in [0, 0.05) is 30.4 Å². The number of aromatic amines is 2. The highest BCUT2D eigenvalue weighted by Gasteiger charge is 2.21. The zero-order valence-electron chi connectivity index (χ0n) is 16.2. The van der Waals surface area contributed by atoms with Gasteiger partial charge in [0.1, 0.15) is 23.2 Å². The highest BCUT2D eigenvalue weighted by molar-refractivity contribution is 5.95. The average Bonchev–Trinajstić information content (AvgIpc) is 3.52. The number of rotatable bonds is 3. The van der Waals surface area contributed by atoms with Crippen LogP contribution in [0.25, 0.3) is 50.5 Å². The van der Waals surface area contributed by atoms with Gasteiger partial charge in [0.15, 0.2) is 17.5 Å². The van der Waals surface area contributed by atoms with Crippen molar-refractivity contribution in [3.63, 3.8) is 0 Å². The van der Waals surface area contributed by atoms with E-state index >= 15 is 4.39 Å². The fourth-order valence-electron chi connectivity index (χ4n) is 3.61.